The number of carbonyl (C=O) groups is 4. The van der Waals surface area contributed by atoms with Gasteiger partial charge >= 0.3 is 0 Å². The number of hydrogen-bond donors (Lipinski definition) is 1. The summed E-state index contributed by atoms with van der Waals surface area (Å²) in [7, 11) is 3.52. The number of halogens is 2. The molecule has 46 heavy (non-hydrogen) atoms. The van der Waals surface area contributed by atoms with Gasteiger partial charge in [0, 0.05) is 88.0 Å². The van der Waals surface area contributed by atoms with Crippen LogP contribution in [0.5, 0.6) is 0 Å². The van der Waals surface area contributed by atoms with Gasteiger partial charge in [-0.2, -0.15) is 0 Å². The van der Waals surface area contributed by atoms with Gasteiger partial charge in [0.05, 0.1) is 30.9 Å². The van der Waals surface area contributed by atoms with E-state index in [1.165, 1.54) is 18.3 Å². The summed E-state index contributed by atoms with van der Waals surface area (Å²) in [6.45, 7) is 4.38. The third-order valence-electron chi connectivity index (χ3n) is 7.91. The highest BCUT2D eigenvalue weighted by Crippen LogP contribution is 2.18. The second-order valence-corrected chi connectivity index (χ2v) is 11.8. The van der Waals surface area contributed by atoms with E-state index in [0.29, 0.717) is 53.5 Å². The lowest BCUT2D eigenvalue weighted by molar-refractivity contribution is 0.0383. The number of aromatic nitrogens is 3. The molecule has 0 saturated carbocycles. The Morgan fingerprint density at radius 3 is 2.22 bits per heavy atom. The van der Waals surface area contributed by atoms with Gasteiger partial charge in [-0.25, -0.2) is 4.39 Å². The lowest BCUT2D eigenvalue weighted by Gasteiger charge is -2.26. The van der Waals surface area contributed by atoms with Crippen molar-refractivity contribution in [3.63, 3.8) is 0 Å². The first-order valence-corrected chi connectivity index (χ1v) is 15.3. The van der Waals surface area contributed by atoms with Crippen LogP contribution in [0.2, 0.25) is 5.02 Å². The Hall–Kier alpha value is -4.45. The zero-order valence-electron chi connectivity index (χ0n) is 25.7. The number of pyridine rings is 1. The van der Waals surface area contributed by atoms with Crippen LogP contribution in [0.25, 0.3) is 0 Å². The van der Waals surface area contributed by atoms with E-state index in [9.17, 15) is 23.6 Å². The van der Waals surface area contributed by atoms with E-state index in [1.807, 2.05) is 0 Å². The van der Waals surface area contributed by atoms with E-state index in [1.54, 1.807) is 59.9 Å². The van der Waals surface area contributed by atoms with Crippen LogP contribution in [0, 0.1) is 5.82 Å². The Bertz CT molecular complexity index is 1760. The van der Waals surface area contributed by atoms with Gasteiger partial charge in [-0.05, 0) is 53.6 Å². The predicted molar refractivity (Wildman–Crippen MR) is 170 cm³/mol. The largest absolute Gasteiger partial charge is 0.379 e. The molecular formula is C34H35ClFN5O5. The van der Waals surface area contributed by atoms with E-state index >= 15 is 0 Å². The minimum atomic E-state index is -0.698. The van der Waals surface area contributed by atoms with Crippen molar-refractivity contribution >= 4 is 34.9 Å². The fourth-order valence-electron chi connectivity index (χ4n) is 5.44. The normalized spacial score (nSPS) is 13.5. The molecule has 240 valence electrons. The lowest BCUT2D eigenvalue weighted by atomic mass is 10.0. The average molecular weight is 648 g/mol. The Labute approximate surface area is 271 Å². The number of ketones is 3. The Kier molecular flexibility index (Phi) is 10.6. The fourth-order valence-corrected chi connectivity index (χ4v) is 5.60. The van der Waals surface area contributed by atoms with Crippen LogP contribution < -0.4 is 5.32 Å². The molecule has 10 nitrogen and oxygen atoms in total. The summed E-state index contributed by atoms with van der Waals surface area (Å²) < 4.78 is 22.8. The first kappa shape index (κ1) is 32.9. The highest BCUT2D eigenvalue weighted by Gasteiger charge is 2.19. The van der Waals surface area contributed by atoms with Gasteiger partial charge in [-0.1, -0.05) is 11.6 Å². The molecule has 1 amide bonds. The number of amides is 1. The Balaban J connectivity index is 1.14. The van der Waals surface area contributed by atoms with Crippen LogP contribution in [0.15, 0.2) is 61.1 Å². The number of ether oxygens (including phenoxy) is 1. The number of nitrogens with zero attached hydrogens (tertiary/aromatic N) is 4. The molecule has 0 atom stereocenters. The van der Waals surface area contributed by atoms with E-state index < -0.39 is 11.6 Å². The summed E-state index contributed by atoms with van der Waals surface area (Å²) in [5.41, 5.74) is 2.99. The van der Waals surface area contributed by atoms with Gasteiger partial charge in [0.1, 0.15) is 11.5 Å². The van der Waals surface area contributed by atoms with Crippen molar-refractivity contribution in [3.8, 4) is 0 Å². The van der Waals surface area contributed by atoms with Crippen LogP contribution in [-0.2, 0) is 38.1 Å². The molecule has 1 aliphatic heterocycles. The monoisotopic (exact) mass is 647 g/mol. The molecule has 12 heteroatoms. The molecule has 1 aliphatic rings. The summed E-state index contributed by atoms with van der Waals surface area (Å²) in [5, 5.41) is 3.15. The summed E-state index contributed by atoms with van der Waals surface area (Å²) >= 11 is 5.76. The maximum absolute atomic E-state index is 14.1. The number of nitrogens with one attached hydrogen (secondary N) is 1. The number of morpholine rings is 1. The molecule has 4 aromatic rings. The zero-order chi connectivity index (χ0) is 32.8. The van der Waals surface area contributed by atoms with E-state index in [2.05, 4.69) is 15.2 Å². The molecule has 0 aliphatic carbocycles. The molecule has 1 saturated heterocycles. The average Bonchev–Trinajstić information content (AvgIpc) is 3.58. The van der Waals surface area contributed by atoms with Crippen LogP contribution in [0.4, 0.5) is 4.39 Å². The topological polar surface area (TPSA) is 116 Å². The minimum absolute atomic E-state index is 0.0528. The van der Waals surface area contributed by atoms with E-state index in [0.717, 1.165) is 25.7 Å². The molecular weight excluding hydrogens is 613 g/mol. The van der Waals surface area contributed by atoms with Crippen molar-refractivity contribution in [1.82, 2.24) is 24.3 Å². The zero-order valence-corrected chi connectivity index (χ0v) is 26.5. The molecule has 0 bridgehead atoms. The minimum Gasteiger partial charge on any atom is -0.379 e. The summed E-state index contributed by atoms with van der Waals surface area (Å²) in [4.78, 5) is 57.9. The third kappa shape index (κ3) is 8.22. The molecule has 1 N–H and O–H groups in total. The molecule has 3 aromatic heterocycles. The van der Waals surface area contributed by atoms with Crippen LogP contribution in [0.1, 0.15) is 58.5 Å². The highest BCUT2D eigenvalue weighted by atomic mass is 35.5. The van der Waals surface area contributed by atoms with Crippen LogP contribution in [-0.4, -0.2) is 81.7 Å². The molecule has 0 radical (unpaired) electrons. The number of benzene rings is 1. The maximum Gasteiger partial charge on any atom is 0.267 e. The van der Waals surface area contributed by atoms with Crippen molar-refractivity contribution in [2.45, 2.75) is 19.3 Å². The maximum atomic E-state index is 14.1. The number of rotatable bonds is 13. The number of aryl methyl sites for hydroxylation is 2. The van der Waals surface area contributed by atoms with Crippen molar-refractivity contribution in [1.29, 1.82) is 0 Å². The van der Waals surface area contributed by atoms with Crippen molar-refractivity contribution in [3.05, 3.63) is 111 Å². The fraction of sp³-hybridized carbons (Fsp3) is 0.324. The van der Waals surface area contributed by atoms with Crippen LogP contribution >= 0.6 is 11.6 Å². The first-order valence-electron chi connectivity index (χ1n) is 15.0. The summed E-state index contributed by atoms with van der Waals surface area (Å²) in [5.74, 6) is -1.68. The van der Waals surface area contributed by atoms with Crippen molar-refractivity contribution in [2.75, 3.05) is 39.4 Å². The Morgan fingerprint density at radius 1 is 0.870 bits per heavy atom. The number of hydrogen-bond acceptors (Lipinski definition) is 7. The number of carbonyl (C=O) groups excluding carboxylic acids is 4. The summed E-state index contributed by atoms with van der Waals surface area (Å²) in [6.07, 6.45) is 4.94. The smallest absolute Gasteiger partial charge is 0.267 e. The quantitative estimate of drug-likeness (QED) is 0.219. The SMILES string of the molecule is Cn1cc(CC(=O)c2ccc(CC(=O)c3ccc(Cl)cc3F)nc2)cc1C(=O)Cc1cc(C(=O)NCCN2CCOCC2)n(C)c1. The molecule has 0 spiro atoms. The second kappa shape index (κ2) is 14.8. The van der Waals surface area contributed by atoms with E-state index in [-0.39, 0.29) is 47.3 Å². The molecule has 4 heterocycles. The van der Waals surface area contributed by atoms with Crippen LogP contribution in [0.3, 0.4) is 0 Å². The van der Waals surface area contributed by atoms with Gasteiger partial charge in [-0.15, -0.1) is 0 Å². The molecule has 1 aromatic carbocycles. The third-order valence-corrected chi connectivity index (χ3v) is 8.14. The molecule has 0 unspecified atom stereocenters. The Morgan fingerprint density at radius 2 is 1.54 bits per heavy atom. The second-order valence-electron chi connectivity index (χ2n) is 11.4. The lowest BCUT2D eigenvalue weighted by Crippen LogP contribution is -2.41. The van der Waals surface area contributed by atoms with Gasteiger partial charge in [0.2, 0.25) is 0 Å². The van der Waals surface area contributed by atoms with Gasteiger partial charge < -0.3 is 19.2 Å². The van der Waals surface area contributed by atoms with E-state index in [4.69, 9.17) is 16.3 Å². The first-order chi connectivity index (χ1) is 22.1. The predicted octanol–water partition coefficient (Wildman–Crippen LogP) is 3.89. The van der Waals surface area contributed by atoms with Crippen molar-refractivity contribution < 1.29 is 28.3 Å². The highest BCUT2D eigenvalue weighted by molar-refractivity contribution is 6.30. The number of Topliss-reactive ketones (excluding diaryl/α,β-unsaturated/α-hetero) is 3. The summed E-state index contributed by atoms with van der Waals surface area (Å²) in [6, 6.07) is 10.4. The standard InChI is InChI=1S/C34H35ClFN5O5/c1-39-20-22(15-31(42)24-3-5-26(38-19-24)18-32(43)27-6-4-25(35)17-28(27)36)13-29(39)33(44)16-23-14-30(40(2)21-23)34(45)37-7-8-41-9-11-46-12-10-41/h3-6,13-14,17,19-21H,7-12,15-16,18H2,1-2H3,(H,37,45). The van der Waals surface area contributed by atoms with Gasteiger partial charge in [0.15, 0.2) is 17.3 Å². The van der Waals surface area contributed by atoms with Crippen molar-refractivity contribution in [2.24, 2.45) is 14.1 Å². The molecule has 1 fully saturated rings. The molecule has 5 rings (SSSR count). The van der Waals surface area contributed by atoms with Gasteiger partial charge in [-0.3, -0.25) is 29.1 Å². The van der Waals surface area contributed by atoms with Gasteiger partial charge in [0.25, 0.3) is 5.91 Å².